The highest BCUT2D eigenvalue weighted by atomic mass is 16.4. The molecule has 0 spiro atoms. The second-order valence-corrected chi connectivity index (χ2v) is 6.67. The van der Waals surface area contributed by atoms with Gasteiger partial charge in [-0.3, -0.25) is 10.1 Å². The van der Waals surface area contributed by atoms with Crippen LogP contribution in [-0.4, -0.2) is 47.7 Å². The number of carboxylic acid groups (broad SMARTS) is 1. The minimum Gasteiger partial charge on any atom is -0.480 e. The molecule has 0 radical (unpaired) electrons. The minimum absolute atomic E-state index is 0.184. The van der Waals surface area contributed by atoms with Crippen molar-refractivity contribution in [1.29, 1.82) is 0 Å². The molecule has 2 unspecified atom stereocenters. The van der Waals surface area contributed by atoms with Crippen LogP contribution in [0.2, 0.25) is 0 Å². The Kier molecular flexibility index (Phi) is 9.06. The van der Waals surface area contributed by atoms with E-state index in [1.165, 1.54) is 6.42 Å². The summed E-state index contributed by atoms with van der Waals surface area (Å²) in [5.74, 6) is -0.0222. The molecule has 0 aliphatic heterocycles. The summed E-state index contributed by atoms with van der Waals surface area (Å²) >= 11 is 0. The average molecular weight is 286 g/mol. The van der Waals surface area contributed by atoms with Gasteiger partial charge in [0.05, 0.1) is 0 Å². The Morgan fingerprint density at radius 1 is 1.30 bits per heavy atom. The first kappa shape index (κ1) is 19.4. The summed E-state index contributed by atoms with van der Waals surface area (Å²) in [6.07, 6.45) is 3.88. The SMILES string of the molecule is CCC(C)CN(C)CCCCC(C)(NC(C)C)C(=O)O. The van der Waals surface area contributed by atoms with Gasteiger partial charge in [0.2, 0.25) is 0 Å². The molecule has 0 aliphatic carbocycles. The van der Waals surface area contributed by atoms with Crippen molar-refractivity contribution in [3.05, 3.63) is 0 Å². The molecule has 0 aromatic rings. The van der Waals surface area contributed by atoms with Crippen LogP contribution in [0.5, 0.6) is 0 Å². The van der Waals surface area contributed by atoms with Crippen LogP contribution in [0, 0.1) is 5.92 Å². The van der Waals surface area contributed by atoms with Crippen molar-refractivity contribution in [1.82, 2.24) is 10.2 Å². The Balaban J connectivity index is 4.04. The van der Waals surface area contributed by atoms with Crippen LogP contribution in [0.4, 0.5) is 0 Å². The lowest BCUT2D eigenvalue weighted by molar-refractivity contribution is -0.144. The van der Waals surface area contributed by atoms with Crippen LogP contribution in [-0.2, 0) is 4.79 Å². The van der Waals surface area contributed by atoms with Gasteiger partial charge in [-0.15, -0.1) is 0 Å². The molecule has 0 heterocycles. The molecule has 2 atom stereocenters. The molecule has 0 aromatic heterocycles. The predicted molar refractivity (Wildman–Crippen MR) is 85.1 cm³/mol. The largest absolute Gasteiger partial charge is 0.480 e. The Bertz CT molecular complexity index is 282. The van der Waals surface area contributed by atoms with Gasteiger partial charge in [0, 0.05) is 12.6 Å². The number of hydrogen-bond donors (Lipinski definition) is 2. The van der Waals surface area contributed by atoms with E-state index in [9.17, 15) is 9.90 Å². The Labute approximate surface area is 124 Å². The summed E-state index contributed by atoms with van der Waals surface area (Å²) in [7, 11) is 2.15. The van der Waals surface area contributed by atoms with Gasteiger partial charge in [-0.2, -0.15) is 0 Å². The molecule has 120 valence electrons. The highest BCUT2D eigenvalue weighted by molar-refractivity contribution is 5.78. The van der Waals surface area contributed by atoms with Crippen LogP contribution >= 0.6 is 0 Å². The maximum atomic E-state index is 11.4. The van der Waals surface area contributed by atoms with Crippen molar-refractivity contribution < 1.29 is 9.90 Å². The lowest BCUT2D eigenvalue weighted by Crippen LogP contribution is -2.52. The maximum absolute atomic E-state index is 11.4. The van der Waals surface area contributed by atoms with E-state index in [1.54, 1.807) is 6.92 Å². The molecule has 0 amide bonds. The molecule has 0 saturated heterocycles. The number of nitrogens with zero attached hydrogens (tertiary/aromatic N) is 1. The summed E-state index contributed by atoms with van der Waals surface area (Å²) in [5.41, 5.74) is -0.802. The standard InChI is InChI=1S/C16H34N2O2/c1-7-14(4)12-18(6)11-9-8-10-16(5,15(19)20)17-13(2)3/h13-14,17H,7-12H2,1-6H3,(H,19,20). The van der Waals surface area contributed by atoms with Crippen molar-refractivity contribution in [3.8, 4) is 0 Å². The van der Waals surface area contributed by atoms with Crippen molar-refractivity contribution in [2.75, 3.05) is 20.1 Å². The number of unbranched alkanes of at least 4 members (excludes halogenated alkanes) is 1. The molecule has 4 nitrogen and oxygen atoms in total. The summed E-state index contributed by atoms with van der Waals surface area (Å²) in [6.45, 7) is 12.4. The van der Waals surface area contributed by atoms with Gasteiger partial charge in [-0.25, -0.2) is 0 Å². The average Bonchev–Trinajstić information content (AvgIpc) is 2.33. The lowest BCUT2D eigenvalue weighted by atomic mass is 9.94. The zero-order chi connectivity index (χ0) is 15.8. The van der Waals surface area contributed by atoms with Gasteiger partial charge in [0.25, 0.3) is 0 Å². The monoisotopic (exact) mass is 286 g/mol. The highest BCUT2D eigenvalue weighted by Gasteiger charge is 2.32. The zero-order valence-electron chi connectivity index (χ0n) is 14.2. The molecule has 0 saturated carbocycles. The Morgan fingerprint density at radius 3 is 2.35 bits per heavy atom. The van der Waals surface area contributed by atoms with E-state index in [0.717, 1.165) is 31.8 Å². The third kappa shape index (κ3) is 7.85. The van der Waals surface area contributed by atoms with E-state index >= 15 is 0 Å². The molecule has 4 heteroatoms. The topological polar surface area (TPSA) is 52.6 Å². The van der Waals surface area contributed by atoms with E-state index < -0.39 is 11.5 Å². The van der Waals surface area contributed by atoms with E-state index in [-0.39, 0.29) is 6.04 Å². The van der Waals surface area contributed by atoms with Crippen molar-refractivity contribution >= 4 is 5.97 Å². The van der Waals surface area contributed by atoms with Gasteiger partial charge in [0.15, 0.2) is 0 Å². The summed E-state index contributed by atoms with van der Waals surface area (Å²) in [5, 5.41) is 12.5. The molecule has 2 N–H and O–H groups in total. The van der Waals surface area contributed by atoms with Crippen LogP contribution in [0.15, 0.2) is 0 Å². The number of aliphatic carboxylic acids is 1. The second kappa shape index (κ2) is 9.35. The first-order chi connectivity index (χ1) is 9.21. The Morgan fingerprint density at radius 2 is 1.90 bits per heavy atom. The zero-order valence-corrected chi connectivity index (χ0v) is 14.2. The number of hydrogen-bond acceptors (Lipinski definition) is 3. The van der Waals surface area contributed by atoms with Crippen LogP contribution < -0.4 is 5.32 Å². The third-order valence-corrected chi connectivity index (χ3v) is 3.87. The maximum Gasteiger partial charge on any atom is 0.323 e. The normalized spacial score (nSPS) is 16.4. The van der Waals surface area contributed by atoms with Gasteiger partial charge in [-0.1, -0.05) is 20.3 Å². The second-order valence-electron chi connectivity index (χ2n) is 6.67. The summed E-state index contributed by atoms with van der Waals surface area (Å²) in [6, 6.07) is 0.184. The van der Waals surface area contributed by atoms with E-state index in [2.05, 4.69) is 31.1 Å². The number of rotatable bonds is 11. The molecule has 0 fully saturated rings. The van der Waals surface area contributed by atoms with Crippen LogP contribution in [0.25, 0.3) is 0 Å². The van der Waals surface area contributed by atoms with Crippen molar-refractivity contribution in [2.24, 2.45) is 5.92 Å². The Hall–Kier alpha value is -0.610. The first-order valence-corrected chi connectivity index (χ1v) is 7.91. The molecular weight excluding hydrogens is 252 g/mol. The van der Waals surface area contributed by atoms with E-state index in [4.69, 9.17) is 0 Å². The van der Waals surface area contributed by atoms with Gasteiger partial charge in [-0.05, 0) is 59.5 Å². The molecular formula is C16H34N2O2. The minimum atomic E-state index is -0.802. The molecule has 0 rings (SSSR count). The smallest absolute Gasteiger partial charge is 0.323 e. The summed E-state index contributed by atoms with van der Waals surface area (Å²) < 4.78 is 0. The third-order valence-electron chi connectivity index (χ3n) is 3.87. The fourth-order valence-corrected chi connectivity index (χ4v) is 2.49. The van der Waals surface area contributed by atoms with Gasteiger partial charge >= 0.3 is 5.97 Å². The van der Waals surface area contributed by atoms with Crippen molar-refractivity contribution in [3.63, 3.8) is 0 Å². The highest BCUT2D eigenvalue weighted by Crippen LogP contribution is 2.16. The molecule has 20 heavy (non-hydrogen) atoms. The van der Waals surface area contributed by atoms with Crippen molar-refractivity contribution in [2.45, 2.75) is 71.9 Å². The molecule has 0 aliphatic rings. The van der Waals surface area contributed by atoms with Crippen LogP contribution in [0.3, 0.4) is 0 Å². The van der Waals surface area contributed by atoms with E-state index in [0.29, 0.717) is 6.42 Å². The van der Waals surface area contributed by atoms with Gasteiger partial charge in [0.1, 0.15) is 5.54 Å². The number of carbonyl (C=O) groups is 1. The fraction of sp³-hybridized carbons (Fsp3) is 0.938. The summed E-state index contributed by atoms with van der Waals surface area (Å²) in [4.78, 5) is 13.7. The van der Waals surface area contributed by atoms with Crippen LogP contribution in [0.1, 0.15) is 60.3 Å². The van der Waals surface area contributed by atoms with Gasteiger partial charge < -0.3 is 10.0 Å². The predicted octanol–water partition coefficient (Wildman–Crippen LogP) is 2.98. The molecule has 0 aromatic carbocycles. The molecule has 0 bridgehead atoms. The quantitative estimate of drug-likeness (QED) is 0.573. The first-order valence-electron chi connectivity index (χ1n) is 7.91. The number of carboxylic acids is 1. The number of nitrogens with one attached hydrogen (secondary N) is 1. The lowest BCUT2D eigenvalue weighted by Gasteiger charge is -2.29. The fourth-order valence-electron chi connectivity index (χ4n) is 2.49. The van der Waals surface area contributed by atoms with E-state index in [1.807, 2.05) is 13.8 Å².